The van der Waals surface area contributed by atoms with Gasteiger partial charge in [0, 0.05) is 25.0 Å². The Morgan fingerprint density at radius 2 is 2.32 bits per heavy atom. The van der Waals surface area contributed by atoms with Gasteiger partial charge in [-0.15, -0.1) is 11.8 Å². The fourth-order valence-electron chi connectivity index (χ4n) is 3.65. The summed E-state index contributed by atoms with van der Waals surface area (Å²) in [4.78, 5) is 29.9. The molecule has 0 radical (unpaired) electrons. The molecule has 0 spiro atoms. The highest BCUT2D eigenvalue weighted by Crippen LogP contribution is 2.48. The van der Waals surface area contributed by atoms with Crippen molar-refractivity contribution in [1.29, 1.82) is 0 Å². The lowest BCUT2D eigenvalue weighted by atomic mass is 9.81. The number of hydrogen-bond donors (Lipinski definition) is 1. The van der Waals surface area contributed by atoms with Crippen LogP contribution in [0.15, 0.2) is 24.4 Å². The summed E-state index contributed by atoms with van der Waals surface area (Å²) in [6.07, 6.45) is 4.35. The van der Waals surface area contributed by atoms with Gasteiger partial charge in [-0.3, -0.25) is 14.6 Å². The Kier molecular flexibility index (Phi) is 4.38. The minimum absolute atomic E-state index is 0.0518. The minimum Gasteiger partial charge on any atom is -0.481 e. The lowest BCUT2D eigenvalue weighted by Gasteiger charge is -2.23. The van der Waals surface area contributed by atoms with E-state index in [-0.39, 0.29) is 11.8 Å². The second kappa shape index (κ2) is 6.28. The zero-order valence-corrected chi connectivity index (χ0v) is 13.2. The summed E-state index contributed by atoms with van der Waals surface area (Å²) in [6, 6.07) is 5.74. The summed E-state index contributed by atoms with van der Waals surface area (Å²) in [5.41, 5.74) is 0.280. The van der Waals surface area contributed by atoms with E-state index in [0.29, 0.717) is 31.0 Å². The average molecular weight is 320 g/mol. The van der Waals surface area contributed by atoms with Gasteiger partial charge < -0.3 is 10.0 Å². The van der Waals surface area contributed by atoms with Crippen LogP contribution in [-0.4, -0.2) is 45.7 Å². The Bertz CT molecular complexity index is 566. The third kappa shape index (κ3) is 2.84. The van der Waals surface area contributed by atoms with E-state index in [1.807, 2.05) is 18.2 Å². The molecule has 1 aliphatic heterocycles. The number of amides is 1. The van der Waals surface area contributed by atoms with Crippen LogP contribution in [0.3, 0.4) is 0 Å². The number of carboxylic acid groups (broad SMARTS) is 1. The largest absolute Gasteiger partial charge is 0.481 e. The number of thioether (sulfide) groups is 1. The van der Waals surface area contributed by atoms with E-state index in [2.05, 4.69) is 4.98 Å². The number of carbonyl (C=O) groups is 2. The number of fused-ring (bicyclic) bond motifs is 1. The number of rotatable bonds is 5. The van der Waals surface area contributed by atoms with Crippen molar-refractivity contribution in [3.63, 3.8) is 0 Å². The maximum Gasteiger partial charge on any atom is 0.311 e. The molecule has 1 saturated carbocycles. The fraction of sp³-hybridized carbons (Fsp3) is 0.562. The molecule has 0 bridgehead atoms. The summed E-state index contributed by atoms with van der Waals surface area (Å²) in [5.74, 6) is 0.546. The molecular formula is C16H20N2O3S. The van der Waals surface area contributed by atoms with Gasteiger partial charge in [0.1, 0.15) is 0 Å². The third-order valence-corrected chi connectivity index (χ3v) is 5.80. The van der Waals surface area contributed by atoms with Gasteiger partial charge in [0.2, 0.25) is 5.91 Å². The van der Waals surface area contributed by atoms with Crippen LogP contribution in [-0.2, 0) is 15.3 Å². The van der Waals surface area contributed by atoms with Crippen LogP contribution in [0.2, 0.25) is 0 Å². The third-order valence-electron chi connectivity index (χ3n) is 4.85. The number of carbonyl (C=O) groups excluding carboxylic acids is 1. The zero-order valence-electron chi connectivity index (χ0n) is 12.4. The van der Waals surface area contributed by atoms with Crippen LogP contribution in [0.25, 0.3) is 0 Å². The van der Waals surface area contributed by atoms with Gasteiger partial charge in [-0.05, 0) is 30.9 Å². The number of aliphatic carboxylic acids is 1. The zero-order chi connectivity index (χ0) is 15.6. The molecule has 118 valence electrons. The fourth-order valence-corrected chi connectivity index (χ4v) is 4.49. The molecule has 1 aromatic rings. The lowest BCUT2D eigenvalue weighted by molar-refractivity contribution is -0.149. The van der Waals surface area contributed by atoms with E-state index in [4.69, 9.17) is 0 Å². The molecule has 1 aliphatic carbocycles. The second-order valence-electron chi connectivity index (χ2n) is 6.14. The van der Waals surface area contributed by atoms with Gasteiger partial charge in [-0.1, -0.05) is 12.5 Å². The molecule has 1 amide bonds. The molecular weight excluding hydrogens is 300 g/mol. The summed E-state index contributed by atoms with van der Waals surface area (Å²) in [5, 5.41) is 9.55. The monoisotopic (exact) mass is 320 g/mol. The Labute approximate surface area is 134 Å². The van der Waals surface area contributed by atoms with E-state index in [1.165, 1.54) is 11.8 Å². The Morgan fingerprint density at radius 3 is 3.00 bits per heavy atom. The Balaban J connectivity index is 1.53. The van der Waals surface area contributed by atoms with Crippen molar-refractivity contribution in [2.45, 2.75) is 25.0 Å². The SMILES string of the molecule is O=C(CSCc1ccccn1)N1C[C@@H]2CCC[C@@]2(C(=O)O)C1. The molecule has 0 unspecified atom stereocenters. The first kappa shape index (κ1) is 15.3. The Morgan fingerprint density at radius 1 is 1.45 bits per heavy atom. The molecule has 22 heavy (non-hydrogen) atoms. The van der Waals surface area contributed by atoms with E-state index >= 15 is 0 Å². The predicted octanol–water partition coefficient (Wildman–Crippen LogP) is 2.03. The molecule has 3 rings (SSSR count). The molecule has 2 heterocycles. The molecule has 1 N–H and O–H groups in total. The molecule has 0 aromatic carbocycles. The predicted molar refractivity (Wildman–Crippen MR) is 84.4 cm³/mol. The van der Waals surface area contributed by atoms with Crippen molar-refractivity contribution in [2.75, 3.05) is 18.8 Å². The maximum atomic E-state index is 12.3. The van der Waals surface area contributed by atoms with Gasteiger partial charge in [-0.25, -0.2) is 0 Å². The Hall–Kier alpha value is -1.56. The molecule has 5 nitrogen and oxygen atoms in total. The highest BCUT2D eigenvalue weighted by Gasteiger charge is 2.55. The van der Waals surface area contributed by atoms with E-state index < -0.39 is 11.4 Å². The van der Waals surface area contributed by atoms with Crippen molar-refractivity contribution in [3.8, 4) is 0 Å². The van der Waals surface area contributed by atoms with Crippen molar-refractivity contribution in [2.24, 2.45) is 11.3 Å². The van der Waals surface area contributed by atoms with Crippen LogP contribution in [0, 0.1) is 11.3 Å². The van der Waals surface area contributed by atoms with Crippen LogP contribution in [0.4, 0.5) is 0 Å². The summed E-state index contributed by atoms with van der Waals surface area (Å²) < 4.78 is 0. The number of hydrogen-bond acceptors (Lipinski definition) is 4. The van der Waals surface area contributed by atoms with Gasteiger partial charge in [0.25, 0.3) is 0 Å². The van der Waals surface area contributed by atoms with Crippen LogP contribution < -0.4 is 0 Å². The molecule has 1 saturated heterocycles. The number of pyridine rings is 1. The van der Waals surface area contributed by atoms with Crippen molar-refractivity contribution < 1.29 is 14.7 Å². The van der Waals surface area contributed by atoms with Crippen LogP contribution >= 0.6 is 11.8 Å². The topological polar surface area (TPSA) is 70.5 Å². The average Bonchev–Trinajstić information content (AvgIpc) is 3.06. The molecule has 2 atom stereocenters. The minimum atomic E-state index is -0.730. The van der Waals surface area contributed by atoms with Crippen molar-refractivity contribution in [3.05, 3.63) is 30.1 Å². The maximum absolute atomic E-state index is 12.3. The smallest absolute Gasteiger partial charge is 0.311 e. The normalized spacial score (nSPS) is 26.9. The quantitative estimate of drug-likeness (QED) is 0.899. The van der Waals surface area contributed by atoms with E-state index in [1.54, 1.807) is 11.1 Å². The first-order valence-corrected chi connectivity index (χ1v) is 8.76. The summed E-state index contributed by atoms with van der Waals surface area (Å²) in [7, 11) is 0. The first-order chi connectivity index (χ1) is 10.6. The number of nitrogens with zero attached hydrogens (tertiary/aromatic N) is 2. The lowest BCUT2D eigenvalue weighted by Crippen LogP contribution is -2.37. The van der Waals surface area contributed by atoms with Crippen molar-refractivity contribution in [1.82, 2.24) is 9.88 Å². The molecule has 2 fully saturated rings. The number of likely N-dealkylation sites (tertiary alicyclic amines) is 1. The second-order valence-corrected chi connectivity index (χ2v) is 7.12. The molecule has 2 aliphatic rings. The van der Waals surface area contributed by atoms with Crippen LogP contribution in [0.1, 0.15) is 25.0 Å². The summed E-state index contributed by atoms with van der Waals surface area (Å²) in [6.45, 7) is 0.991. The van der Waals surface area contributed by atoms with E-state index in [9.17, 15) is 14.7 Å². The van der Waals surface area contributed by atoms with Gasteiger partial charge in [0.15, 0.2) is 0 Å². The summed E-state index contributed by atoms with van der Waals surface area (Å²) >= 11 is 1.54. The molecule has 6 heteroatoms. The van der Waals surface area contributed by atoms with Gasteiger partial charge in [-0.2, -0.15) is 0 Å². The molecule has 1 aromatic heterocycles. The van der Waals surface area contributed by atoms with Crippen molar-refractivity contribution >= 4 is 23.6 Å². The standard InChI is InChI=1S/C16H20N2O3S/c19-14(10-22-9-13-5-1-2-7-17-13)18-8-12-4-3-6-16(12,11-18)15(20)21/h1-2,5,7,12H,3-4,6,8-11H2,(H,20,21)/t12-,16+/m0/s1. The van der Waals surface area contributed by atoms with Crippen LogP contribution in [0.5, 0.6) is 0 Å². The van der Waals surface area contributed by atoms with E-state index in [0.717, 1.165) is 18.5 Å². The van der Waals surface area contributed by atoms with Gasteiger partial charge in [0.05, 0.1) is 16.9 Å². The van der Waals surface area contributed by atoms with Gasteiger partial charge >= 0.3 is 5.97 Å². The number of aromatic nitrogens is 1. The highest BCUT2D eigenvalue weighted by atomic mass is 32.2. The number of carboxylic acids is 1. The first-order valence-electron chi connectivity index (χ1n) is 7.61. The highest BCUT2D eigenvalue weighted by molar-refractivity contribution is 7.99.